The predicted molar refractivity (Wildman–Crippen MR) is 114 cm³/mol. The smallest absolute Gasteiger partial charge is 0.261 e. The van der Waals surface area contributed by atoms with Gasteiger partial charge in [0.05, 0.1) is 31.2 Å². The SMILES string of the molecule is COc1ccc(OC)c([C@@H]2CCCN2C(=O)Cn2c(C)nc3ccccc3c2=O)c1. The Morgan fingerprint density at radius 3 is 2.73 bits per heavy atom. The summed E-state index contributed by atoms with van der Waals surface area (Å²) in [4.78, 5) is 32.5. The Balaban J connectivity index is 1.66. The van der Waals surface area contributed by atoms with E-state index >= 15 is 0 Å². The molecule has 2 heterocycles. The lowest BCUT2D eigenvalue weighted by molar-refractivity contribution is -0.132. The topological polar surface area (TPSA) is 73.7 Å². The lowest BCUT2D eigenvalue weighted by atomic mass is 10.0. The fourth-order valence-electron chi connectivity index (χ4n) is 4.18. The van der Waals surface area contributed by atoms with Gasteiger partial charge in [-0.15, -0.1) is 0 Å². The lowest BCUT2D eigenvalue weighted by Crippen LogP contribution is -2.37. The van der Waals surface area contributed by atoms with Crippen LogP contribution in [-0.2, 0) is 11.3 Å². The zero-order valence-electron chi connectivity index (χ0n) is 17.4. The number of methoxy groups -OCH3 is 2. The molecule has 0 N–H and O–H groups in total. The minimum Gasteiger partial charge on any atom is -0.497 e. The van der Waals surface area contributed by atoms with E-state index in [9.17, 15) is 9.59 Å². The van der Waals surface area contributed by atoms with Gasteiger partial charge in [0.1, 0.15) is 23.9 Å². The minimum absolute atomic E-state index is 0.0364. The number of rotatable bonds is 5. The Morgan fingerprint density at radius 1 is 1.17 bits per heavy atom. The molecule has 1 amide bonds. The van der Waals surface area contributed by atoms with Crippen LogP contribution in [-0.4, -0.2) is 41.1 Å². The van der Waals surface area contributed by atoms with E-state index in [1.807, 2.05) is 35.2 Å². The highest BCUT2D eigenvalue weighted by molar-refractivity contribution is 5.80. The fourth-order valence-corrected chi connectivity index (χ4v) is 4.18. The number of hydrogen-bond donors (Lipinski definition) is 0. The van der Waals surface area contributed by atoms with Gasteiger partial charge in [-0.25, -0.2) is 4.98 Å². The first kappa shape index (κ1) is 19.9. The Morgan fingerprint density at radius 2 is 1.97 bits per heavy atom. The number of carbonyl (C=O) groups is 1. The number of ether oxygens (including phenoxy) is 2. The van der Waals surface area contributed by atoms with Gasteiger partial charge in [0.15, 0.2) is 0 Å². The summed E-state index contributed by atoms with van der Waals surface area (Å²) in [5.41, 5.74) is 1.37. The number of benzene rings is 2. The average Bonchev–Trinajstić information content (AvgIpc) is 3.26. The molecule has 30 heavy (non-hydrogen) atoms. The molecule has 1 aliphatic rings. The molecule has 1 fully saturated rings. The Kier molecular flexibility index (Phi) is 5.44. The summed E-state index contributed by atoms with van der Waals surface area (Å²) in [7, 11) is 3.24. The number of para-hydroxylation sites is 1. The number of nitrogens with zero attached hydrogens (tertiary/aromatic N) is 3. The third kappa shape index (κ3) is 3.51. The van der Waals surface area contributed by atoms with Crippen LogP contribution in [0.15, 0.2) is 47.3 Å². The van der Waals surface area contributed by atoms with Gasteiger partial charge in [-0.05, 0) is 50.1 Å². The maximum Gasteiger partial charge on any atom is 0.261 e. The quantitative estimate of drug-likeness (QED) is 0.650. The Bertz CT molecular complexity index is 1150. The van der Waals surface area contributed by atoms with Crippen LogP contribution in [0.1, 0.15) is 30.3 Å². The highest BCUT2D eigenvalue weighted by Crippen LogP contribution is 2.39. The van der Waals surface area contributed by atoms with Gasteiger partial charge in [-0.2, -0.15) is 0 Å². The first-order valence-electron chi connectivity index (χ1n) is 10.0. The van der Waals surface area contributed by atoms with Crippen LogP contribution < -0.4 is 15.0 Å². The summed E-state index contributed by atoms with van der Waals surface area (Å²) in [5, 5.41) is 0.517. The van der Waals surface area contributed by atoms with E-state index in [4.69, 9.17) is 9.47 Å². The molecule has 1 atom stereocenters. The largest absolute Gasteiger partial charge is 0.497 e. The van der Waals surface area contributed by atoms with Crippen LogP contribution in [0.4, 0.5) is 0 Å². The Labute approximate surface area is 174 Å². The molecule has 0 saturated carbocycles. The number of amides is 1. The van der Waals surface area contributed by atoms with E-state index in [-0.39, 0.29) is 24.1 Å². The van der Waals surface area contributed by atoms with Crippen molar-refractivity contribution >= 4 is 16.8 Å². The van der Waals surface area contributed by atoms with Gasteiger partial charge < -0.3 is 14.4 Å². The molecule has 0 spiro atoms. The van der Waals surface area contributed by atoms with E-state index in [1.165, 1.54) is 4.57 Å². The summed E-state index contributed by atoms with van der Waals surface area (Å²) < 4.78 is 12.4. The summed E-state index contributed by atoms with van der Waals surface area (Å²) in [6.07, 6.45) is 1.72. The van der Waals surface area contributed by atoms with E-state index in [0.29, 0.717) is 23.3 Å². The summed E-state index contributed by atoms with van der Waals surface area (Å²) in [6, 6.07) is 12.7. The fraction of sp³-hybridized carbons (Fsp3) is 0.348. The third-order valence-electron chi connectivity index (χ3n) is 5.71. The Hall–Kier alpha value is -3.35. The molecule has 2 aromatic carbocycles. The van der Waals surface area contributed by atoms with Gasteiger partial charge in [-0.1, -0.05) is 12.1 Å². The van der Waals surface area contributed by atoms with Crippen molar-refractivity contribution in [2.45, 2.75) is 32.4 Å². The maximum atomic E-state index is 13.3. The highest BCUT2D eigenvalue weighted by atomic mass is 16.5. The number of aromatic nitrogens is 2. The van der Waals surface area contributed by atoms with Crippen molar-refractivity contribution in [3.63, 3.8) is 0 Å². The summed E-state index contributed by atoms with van der Waals surface area (Å²) >= 11 is 0. The van der Waals surface area contributed by atoms with E-state index in [0.717, 1.165) is 29.9 Å². The lowest BCUT2D eigenvalue weighted by Gasteiger charge is -2.27. The van der Waals surface area contributed by atoms with Crippen molar-refractivity contribution in [2.75, 3.05) is 20.8 Å². The second-order valence-corrected chi connectivity index (χ2v) is 7.42. The first-order chi connectivity index (χ1) is 14.5. The maximum absolute atomic E-state index is 13.3. The van der Waals surface area contributed by atoms with E-state index < -0.39 is 0 Å². The van der Waals surface area contributed by atoms with Crippen molar-refractivity contribution in [3.8, 4) is 11.5 Å². The van der Waals surface area contributed by atoms with Crippen molar-refractivity contribution in [1.29, 1.82) is 0 Å². The number of hydrogen-bond acceptors (Lipinski definition) is 5. The van der Waals surface area contributed by atoms with Crippen LogP contribution in [0.3, 0.4) is 0 Å². The second-order valence-electron chi connectivity index (χ2n) is 7.42. The van der Waals surface area contributed by atoms with Crippen molar-refractivity contribution in [2.24, 2.45) is 0 Å². The molecule has 4 rings (SSSR count). The summed E-state index contributed by atoms with van der Waals surface area (Å²) in [5.74, 6) is 1.86. The highest BCUT2D eigenvalue weighted by Gasteiger charge is 2.32. The van der Waals surface area contributed by atoms with Gasteiger partial charge in [-0.3, -0.25) is 14.2 Å². The molecule has 0 radical (unpaired) electrons. The van der Waals surface area contributed by atoms with Gasteiger partial charge >= 0.3 is 0 Å². The molecule has 3 aromatic rings. The second kappa shape index (κ2) is 8.18. The monoisotopic (exact) mass is 407 g/mol. The number of aryl methyl sites for hydroxylation is 1. The molecule has 7 nitrogen and oxygen atoms in total. The average molecular weight is 407 g/mol. The van der Waals surface area contributed by atoms with Crippen LogP contribution >= 0.6 is 0 Å². The molecule has 0 aliphatic carbocycles. The zero-order chi connectivity index (χ0) is 21.3. The minimum atomic E-state index is -0.193. The molecule has 0 unspecified atom stereocenters. The van der Waals surface area contributed by atoms with E-state index in [2.05, 4.69) is 4.98 Å². The number of likely N-dealkylation sites (tertiary alicyclic amines) is 1. The van der Waals surface area contributed by atoms with E-state index in [1.54, 1.807) is 33.3 Å². The van der Waals surface area contributed by atoms with Crippen molar-refractivity contribution in [1.82, 2.24) is 14.5 Å². The van der Waals surface area contributed by atoms with Gasteiger partial charge in [0, 0.05) is 12.1 Å². The predicted octanol–water partition coefficient (Wildman–Crippen LogP) is 3.09. The molecular weight excluding hydrogens is 382 g/mol. The van der Waals surface area contributed by atoms with Gasteiger partial charge in [0.2, 0.25) is 5.91 Å². The van der Waals surface area contributed by atoms with Crippen LogP contribution in [0, 0.1) is 6.92 Å². The van der Waals surface area contributed by atoms with Gasteiger partial charge in [0.25, 0.3) is 5.56 Å². The van der Waals surface area contributed by atoms with Crippen LogP contribution in [0.2, 0.25) is 0 Å². The molecule has 1 aromatic heterocycles. The molecule has 156 valence electrons. The standard InChI is InChI=1S/C23H25N3O4/c1-15-24-19-8-5-4-7-17(19)23(28)26(15)14-22(27)25-12-6-9-20(25)18-13-16(29-2)10-11-21(18)30-3/h4-5,7-8,10-11,13,20H,6,9,12,14H2,1-3H3/t20-/m0/s1. The van der Waals surface area contributed by atoms with Crippen molar-refractivity contribution in [3.05, 3.63) is 64.2 Å². The van der Waals surface area contributed by atoms with Crippen LogP contribution in [0.5, 0.6) is 11.5 Å². The zero-order valence-corrected chi connectivity index (χ0v) is 17.4. The number of fused-ring (bicyclic) bond motifs is 1. The van der Waals surface area contributed by atoms with Crippen molar-refractivity contribution < 1.29 is 14.3 Å². The number of carbonyl (C=O) groups excluding carboxylic acids is 1. The molecule has 7 heteroatoms. The molecule has 0 bridgehead atoms. The van der Waals surface area contributed by atoms with Crippen LogP contribution in [0.25, 0.3) is 10.9 Å². The molecular formula is C23H25N3O4. The third-order valence-corrected chi connectivity index (χ3v) is 5.71. The molecule has 1 saturated heterocycles. The molecule has 1 aliphatic heterocycles. The normalized spacial score (nSPS) is 16.1. The first-order valence-corrected chi connectivity index (χ1v) is 10.0. The summed E-state index contributed by atoms with van der Waals surface area (Å²) in [6.45, 7) is 2.36.